The molecule has 1 aliphatic heterocycles. The van der Waals surface area contributed by atoms with Crippen molar-refractivity contribution in [3.63, 3.8) is 0 Å². The maximum atomic E-state index is 12.9. The molecule has 0 saturated carbocycles. The third-order valence-corrected chi connectivity index (χ3v) is 6.44. The highest BCUT2D eigenvalue weighted by molar-refractivity contribution is 7.87. The number of hydrogen-bond acceptors (Lipinski definition) is 8. The largest absolute Gasteiger partial charge is 0.496 e. The van der Waals surface area contributed by atoms with Crippen molar-refractivity contribution in [3.8, 4) is 28.7 Å². The van der Waals surface area contributed by atoms with Crippen molar-refractivity contribution in [2.75, 3.05) is 21.3 Å². The number of benzene rings is 3. The average molecular weight is 483 g/mol. The number of carbonyl (C=O) groups is 1. The number of aryl methyl sites for hydroxylation is 1. The van der Waals surface area contributed by atoms with Crippen molar-refractivity contribution in [1.29, 1.82) is 0 Å². The fourth-order valence-corrected chi connectivity index (χ4v) is 4.33. The van der Waals surface area contributed by atoms with Gasteiger partial charge in [-0.1, -0.05) is 17.7 Å². The van der Waals surface area contributed by atoms with E-state index >= 15 is 0 Å². The lowest BCUT2D eigenvalue weighted by Gasteiger charge is -2.12. The SMILES string of the molecule is COc1cc(OC)c(OC)cc1/C=C1\Oc2cc(OS(=O)(=O)c3ccc(C)cc3)ccc2C1=O. The smallest absolute Gasteiger partial charge is 0.339 e. The summed E-state index contributed by atoms with van der Waals surface area (Å²) in [4.78, 5) is 12.9. The molecule has 0 atom stereocenters. The van der Waals surface area contributed by atoms with Gasteiger partial charge in [-0.15, -0.1) is 0 Å². The summed E-state index contributed by atoms with van der Waals surface area (Å²) in [7, 11) is 0.458. The Morgan fingerprint density at radius 2 is 1.47 bits per heavy atom. The molecule has 3 aromatic carbocycles. The average Bonchev–Trinajstić information content (AvgIpc) is 3.13. The molecule has 0 aliphatic carbocycles. The van der Waals surface area contributed by atoms with E-state index in [9.17, 15) is 13.2 Å². The highest BCUT2D eigenvalue weighted by atomic mass is 32.2. The third kappa shape index (κ3) is 4.42. The van der Waals surface area contributed by atoms with Crippen LogP contribution in [0.5, 0.6) is 28.7 Å². The summed E-state index contributed by atoms with van der Waals surface area (Å²) >= 11 is 0. The summed E-state index contributed by atoms with van der Waals surface area (Å²) in [6, 6.07) is 13.8. The van der Waals surface area contributed by atoms with Gasteiger partial charge in [-0.3, -0.25) is 4.79 Å². The molecule has 0 spiro atoms. The predicted octanol–water partition coefficient (Wildman–Crippen LogP) is 4.40. The van der Waals surface area contributed by atoms with Crippen molar-refractivity contribution in [1.82, 2.24) is 0 Å². The van der Waals surface area contributed by atoms with Crippen LogP contribution in [0, 0.1) is 6.92 Å². The van der Waals surface area contributed by atoms with Crippen LogP contribution in [0.2, 0.25) is 0 Å². The van der Waals surface area contributed by atoms with Crippen LogP contribution in [0.4, 0.5) is 0 Å². The quantitative estimate of drug-likeness (QED) is 0.361. The number of methoxy groups -OCH3 is 3. The van der Waals surface area contributed by atoms with E-state index in [1.807, 2.05) is 6.92 Å². The molecule has 8 nitrogen and oxygen atoms in total. The normalized spacial score (nSPS) is 13.9. The Hall–Kier alpha value is -3.98. The van der Waals surface area contributed by atoms with Crippen LogP contribution in [0.15, 0.2) is 65.3 Å². The number of ketones is 1. The molecule has 0 N–H and O–H groups in total. The van der Waals surface area contributed by atoms with Gasteiger partial charge in [0.05, 0.1) is 26.9 Å². The molecular formula is C25H22O8S. The summed E-state index contributed by atoms with van der Waals surface area (Å²) in [6.45, 7) is 1.86. The molecule has 9 heteroatoms. The number of ether oxygens (including phenoxy) is 4. The summed E-state index contributed by atoms with van der Waals surface area (Å²) in [5.41, 5.74) is 1.74. The molecule has 0 aromatic heterocycles. The Morgan fingerprint density at radius 1 is 0.824 bits per heavy atom. The summed E-state index contributed by atoms with van der Waals surface area (Å²) < 4.78 is 52.2. The van der Waals surface area contributed by atoms with Gasteiger partial charge >= 0.3 is 10.1 Å². The zero-order chi connectivity index (χ0) is 24.5. The fourth-order valence-electron chi connectivity index (χ4n) is 3.41. The Kier molecular flexibility index (Phi) is 6.21. The van der Waals surface area contributed by atoms with E-state index in [-0.39, 0.29) is 33.5 Å². The van der Waals surface area contributed by atoms with Gasteiger partial charge < -0.3 is 23.1 Å². The number of allylic oxidation sites excluding steroid dienone is 1. The molecule has 0 unspecified atom stereocenters. The molecular weight excluding hydrogens is 460 g/mol. The summed E-state index contributed by atoms with van der Waals surface area (Å²) in [5, 5.41) is 0. The van der Waals surface area contributed by atoms with Gasteiger partial charge in [-0.25, -0.2) is 0 Å². The van der Waals surface area contributed by atoms with Gasteiger partial charge in [-0.05, 0) is 43.3 Å². The van der Waals surface area contributed by atoms with Crippen molar-refractivity contribution in [3.05, 3.63) is 77.0 Å². The summed E-state index contributed by atoms with van der Waals surface area (Å²) in [5.74, 6) is 1.27. The van der Waals surface area contributed by atoms with Gasteiger partial charge in [-0.2, -0.15) is 8.42 Å². The predicted molar refractivity (Wildman–Crippen MR) is 124 cm³/mol. The third-order valence-electron chi connectivity index (χ3n) is 5.18. The topological polar surface area (TPSA) is 97.4 Å². The Labute approximate surface area is 197 Å². The standard InChI is InChI=1S/C25H22O8S/c1-15-5-8-18(9-6-15)34(27,28)33-17-7-10-19-21(13-17)32-24(25(19)26)12-16-11-22(30-3)23(31-4)14-20(16)29-2/h5-14H,1-4H3/b24-12-. The molecule has 1 heterocycles. The van der Waals surface area contributed by atoms with Gasteiger partial charge in [0.2, 0.25) is 5.78 Å². The van der Waals surface area contributed by atoms with Gasteiger partial charge in [0.1, 0.15) is 22.1 Å². The number of Topliss-reactive ketones (excluding diaryl/α,β-unsaturated/α-hetero) is 1. The molecule has 0 saturated heterocycles. The minimum atomic E-state index is -4.04. The lowest BCUT2D eigenvalue weighted by atomic mass is 10.1. The highest BCUT2D eigenvalue weighted by Crippen LogP contribution is 2.39. The van der Waals surface area contributed by atoms with E-state index < -0.39 is 10.1 Å². The second-order valence-electron chi connectivity index (χ2n) is 7.40. The first-order valence-electron chi connectivity index (χ1n) is 10.1. The van der Waals surface area contributed by atoms with E-state index in [4.69, 9.17) is 23.1 Å². The molecule has 34 heavy (non-hydrogen) atoms. The Bertz CT molecular complexity index is 1390. The van der Waals surface area contributed by atoms with Crippen LogP contribution in [0.3, 0.4) is 0 Å². The maximum absolute atomic E-state index is 12.9. The number of carbonyl (C=O) groups excluding carboxylic acids is 1. The molecule has 4 rings (SSSR count). The van der Waals surface area contributed by atoms with E-state index in [2.05, 4.69) is 0 Å². The zero-order valence-electron chi connectivity index (χ0n) is 18.9. The van der Waals surface area contributed by atoms with Crippen molar-refractivity contribution in [2.24, 2.45) is 0 Å². The lowest BCUT2D eigenvalue weighted by molar-refractivity contribution is 0.101. The monoisotopic (exact) mass is 482 g/mol. The summed E-state index contributed by atoms with van der Waals surface area (Å²) in [6.07, 6.45) is 1.52. The van der Waals surface area contributed by atoms with Crippen LogP contribution < -0.4 is 23.1 Å². The Balaban J connectivity index is 1.63. The number of rotatable bonds is 7. The van der Waals surface area contributed by atoms with Gasteiger partial charge in [0, 0.05) is 17.7 Å². The van der Waals surface area contributed by atoms with E-state index in [0.717, 1.165) is 5.56 Å². The van der Waals surface area contributed by atoms with Crippen molar-refractivity contribution in [2.45, 2.75) is 11.8 Å². The second kappa shape index (κ2) is 9.11. The van der Waals surface area contributed by atoms with Crippen molar-refractivity contribution < 1.29 is 36.3 Å². The molecule has 0 radical (unpaired) electrons. The van der Waals surface area contributed by atoms with Crippen LogP contribution in [-0.4, -0.2) is 35.5 Å². The second-order valence-corrected chi connectivity index (χ2v) is 8.94. The number of hydrogen-bond donors (Lipinski definition) is 0. The minimum absolute atomic E-state index is 0.0247. The first-order valence-corrected chi connectivity index (χ1v) is 11.6. The van der Waals surface area contributed by atoms with Crippen LogP contribution in [0.25, 0.3) is 6.08 Å². The van der Waals surface area contributed by atoms with Crippen LogP contribution in [0.1, 0.15) is 21.5 Å². The first kappa shape index (κ1) is 23.2. The minimum Gasteiger partial charge on any atom is -0.496 e. The van der Waals surface area contributed by atoms with Gasteiger partial charge in [0.25, 0.3) is 0 Å². The van der Waals surface area contributed by atoms with E-state index in [1.54, 1.807) is 24.3 Å². The van der Waals surface area contributed by atoms with E-state index in [1.165, 1.54) is 57.7 Å². The zero-order valence-corrected chi connectivity index (χ0v) is 19.8. The lowest BCUT2D eigenvalue weighted by Crippen LogP contribution is -2.09. The molecule has 1 aliphatic rings. The van der Waals surface area contributed by atoms with Crippen molar-refractivity contribution >= 4 is 22.0 Å². The molecule has 176 valence electrons. The fraction of sp³-hybridized carbons (Fsp3) is 0.160. The molecule has 0 bridgehead atoms. The molecule has 0 fully saturated rings. The molecule has 3 aromatic rings. The van der Waals surface area contributed by atoms with Gasteiger partial charge in [0.15, 0.2) is 17.3 Å². The highest BCUT2D eigenvalue weighted by Gasteiger charge is 2.29. The van der Waals surface area contributed by atoms with E-state index in [0.29, 0.717) is 22.8 Å². The first-order chi connectivity index (χ1) is 16.2. The maximum Gasteiger partial charge on any atom is 0.339 e. The number of fused-ring (bicyclic) bond motifs is 1. The van der Waals surface area contributed by atoms with Crippen LogP contribution >= 0.6 is 0 Å². The molecule has 0 amide bonds. The van der Waals surface area contributed by atoms with Crippen LogP contribution in [-0.2, 0) is 10.1 Å². The Morgan fingerprint density at radius 3 is 2.12 bits per heavy atom.